The van der Waals surface area contributed by atoms with Crippen LogP contribution in [0, 0.1) is 5.82 Å². The first kappa shape index (κ1) is 17.2. The van der Waals surface area contributed by atoms with Gasteiger partial charge in [0.1, 0.15) is 5.82 Å². The fourth-order valence-electron chi connectivity index (χ4n) is 3.42. The molecule has 0 N–H and O–H groups in total. The number of benzene rings is 3. The van der Waals surface area contributed by atoms with Gasteiger partial charge in [-0.2, -0.15) is 0 Å². The molecule has 0 aliphatic carbocycles. The van der Waals surface area contributed by atoms with Crippen molar-refractivity contribution in [3.05, 3.63) is 83.7 Å². The van der Waals surface area contributed by atoms with E-state index in [9.17, 15) is 14.0 Å². The molecule has 1 heterocycles. The molecule has 4 nitrogen and oxygen atoms in total. The van der Waals surface area contributed by atoms with E-state index in [2.05, 4.69) is 0 Å². The lowest BCUT2D eigenvalue weighted by atomic mass is 10.1. The Kier molecular flexibility index (Phi) is 4.59. The van der Waals surface area contributed by atoms with Crippen LogP contribution in [-0.4, -0.2) is 47.8 Å². The SMILES string of the molecule is O=C(c1cccc(F)c1)N1CCN(C(=O)c2ccc3ccccc3c2)CC1. The van der Waals surface area contributed by atoms with Crippen LogP contribution in [0.5, 0.6) is 0 Å². The summed E-state index contributed by atoms with van der Waals surface area (Å²) >= 11 is 0. The van der Waals surface area contributed by atoms with Gasteiger partial charge in [-0.3, -0.25) is 9.59 Å². The molecule has 1 aliphatic rings. The van der Waals surface area contributed by atoms with Crippen molar-refractivity contribution in [3.63, 3.8) is 0 Å². The van der Waals surface area contributed by atoms with Crippen molar-refractivity contribution in [3.8, 4) is 0 Å². The van der Waals surface area contributed by atoms with E-state index in [0.717, 1.165) is 10.8 Å². The van der Waals surface area contributed by atoms with E-state index in [1.807, 2.05) is 42.5 Å². The zero-order chi connectivity index (χ0) is 18.8. The summed E-state index contributed by atoms with van der Waals surface area (Å²) in [5.74, 6) is -0.656. The zero-order valence-electron chi connectivity index (χ0n) is 14.8. The van der Waals surface area contributed by atoms with Crippen LogP contribution in [0.3, 0.4) is 0 Å². The van der Waals surface area contributed by atoms with Gasteiger partial charge in [-0.15, -0.1) is 0 Å². The van der Waals surface area contributed by atoms with E-state index in [0.29, 0.717) is 37.3 Å². The van der Waals surface area contributed by atoms with Crippen molar-refractivity contribution in [2.45, 2.75) is 0 Å². The Balaban J connectivity index is 1.43. The van der Waals surface area contributed by atoms with Crippen LogP contribution in [0.4, 0.5) is 4.39 Å². The van der Waals surface area contributed by atoms with Crippen molar-refractivity contribution >= 4 is 22.6 Å². The Bertz CT molecular complexity index is 1010. The van der Waals surface area contributed by atoms with E-state index in [4.69, 9.17) is 0 Å². The maximum absolute atomic E-state index is 13.3. The van der Waals surface area contributed by atoms with Gasteiger partial charge in [0.15, 0.2) is 0 Å². The lowest BCUT2D eigenvalue weighted by molar-refractivity contribution is 0.0535. The summed E-state index contributed by atoms with van der Waals surface area (Å²) in [6, 6.07) is 19.3. The Labute approximate surface area is 156 Å². The molecule has 0 aromatic heterocycles. The quantitative estimate of drug-likeness (QED) is 0.699. The molecule has 1 aliphatic heterocycles. The van der Waals surface area contributed by atoms with Crippen LogP contribution in [0.25, 0.3) is 10.8 Å². The Morgan fingerprint density at radius 1 is 0.667 bits per heavy atom. The van der Waals surface area contributed by atoms with Gasteiger partial charge in [-0.25, -0.2) is 4.39 Å². The number of fused-ring (bicyclic) bond motifs is 1. The van der Waals surface area contributed by atoms with Crippen LogP contribution in [-0.2, 0) is 0 Å². The average Bonchev–Trinajstić information content (AvgIpc) is 2.72. The molecule has 0 radical (unpaired) electrons. The number of piperazine rings is 1. The standard InChI is InChI=1S/C22H19FN2O2/c23-20-7-3-6-18(15-20)21(26)24-10-12-25(13-11-24)22(27)19-9-8-16-4-1-2-5-17(16)14-19/h1-9,14-15H,10-13H2. The van der Waals surface area contributed by atoms with Crippen molar-refractivity contribution in [2.24, 2.45) is 0 Å². The molecule has 5 heteroatoms. The van der Waals surface area contributed by atoms with Crippen LogP contribution >= 0.6 is 0 Å². The van der Waals surface area contributed by atoms with Gasteiger partial charge in [0.2, 0.25) is 0 Å². The van der Waals surface area contributed by atoms with E-state index in [1.54, 1.807) is 15.9 Å². The van der Waals surface area contributed by atoms with Gasteiger partial charge in [-0.05, 0) is 41.1 Å². The van der Waals surface area contributed by atoms with Crippen molar-refractivity contribution < 1.29 is 14.0 Å². The van der Waals surface area contributed by atoms with Gasteiger partial charge in [-0.1, -0.05) is 36.4 Å². The smallest absolute Gasteiger partial charge is 0.254 e. The summed E-state index contributed by atoms with van der Waals surface area (Å²) in [5, 5.41) is 2.13. The maximum Gasteiger partial charge on any atom is 0.254 e. The minimum absolute atomic E-state index is 0.0291. The summed E-state index contributed by atoms with van der Waals surface area (Å²) in [7, 11) is 0. The van der Waals surface area contributed by atoms with E-state index < -0.39 is 5.82 Å². The number of rotatable bonds is 2. The summed E-state index contributed by atoms with van der Waals surface area (Å²) in [4.78, 5) is 28.7. The molecule has 1 saturated heterocycles. The lowest BCUT2D eigenvalue weighted by Gasteiger charge is -2.35. The fraction of sp³-hybridized carbons (Fsp3) is 0.182. The molecule has 1 fully saturated rings. The molecule has 27 heavy (non-hydrogen) atoms. The number of carbonyl (C=O) groups excluding carboxylic acids is 2. The topological polar surface area (TPSA) is 40.6 Å². The van der Waals surface area contributed by atoms with Gasteiger partial charge < -0.3 is 9.80 Å². The normalized spacial score (nSPS) is 14.4. The molecule has 0 bridgehead atoms. The monoisotopic (exact) mass is 362 g/mol. The van der Waals surface area contributed by atoms with Crippen LogP contribution in [0.15, 0.2) is 66.7 Å². The first-order valence-electron chi connectivity index (χ1n) is 8.95. The molecule has 3 aromatic rings. The maximum atomic E-state index is 13.3. The molecule has 0 spiro atoms. The third kappa shape index (κ3) is 3.53. The number of carbonyl (C=O) groups is 2. The van der Waals surface area contributed by atoms with Gasteiger partial charge in [0.25, 0.3) is 11.8 Å². The molecule has 136 valence electrons. The Morgan fingerprint density at radius 3 is 1.89 bits per heavy atom. The molecule has 4 rings (SSSR count). The minimum atomic E-state index is -0.425. The minimum Gasteiger partial charge on any atom is -0.335 e. The van der Waals surface area contributed by atoms with Crippen molar-refractivity contribution in [2.75, 3.05) is 26.2 Å². The van der Waals surface area contributed by atoms with Crippen LogP contribution < -0.4 is 0 Å². The number of amides is 2. The number of hydrogen-bond acceptors (Lipinski definition) is 2. The summed E-state index contributed by atoms with van der Waals surface area (Å²) in [6.07, 6.45) is 0. The van der Waals surface area contributed by atoms with E-state index >= 15 is 0 Å². The first-order valence-corrected chi connectivity index (χ1v) is 8.95. The van der Waals surface area contributed by atoms with Crippen molar-refractivity contribution in [1.82, 2.24) is 9.80 Å². The summed E-state index contributed by atoms with van der Waals surface area (Å²) in [6.45, 7) is 1.81. The summed E-state index contributed by atoms with van der Waals surface area (Å²) in [5.41, 5.74) is 0.989. The molecule has 0 atom stereocenters. The second-order valence-corrected chi connectivity index (χ2v) is 6.66. The summed E-state index contributed by atoms with van der Waals surface area (Å²) < 4.78 is 13.3. The average molecular weight is 362 g/mol. The highest BCUT2D eigenvalue weighted by Gasteiger charge is 2.25. The zero-order valence-corrected chi connectivity index (χ0v) is 14.8. The highest BCUT2D eigenvalue weighted by atomic mass is 19.1. The molecule has 3 aromatic carbocycles. The predicted molar refractivity (Wildman–Crippen MR) is 102 cm³/mol. The number of halogens is 1. The first-order chi connectivity index (χ1) is 13.1. The lowest BCUT2D eigenvalue weighted by Crippen LogP contribution is -2.50. The molecule has 2 amide bonds. The highest BCUT2D eigenvalue weighted by molar-refractivity contribution is 5.99. The largest absolute Gasteiger partial charge is 0.335 e. The molecular weight excluding hydrogens is 343 g/mol. The fourth-order valence-corrected chi connectivity index (χ4v) is 3.42. The third-order valence-electron chi connectivity index (χ3n) is 4.92. The van der Waals surface area contributed by atoms with Gasteiger partial charge in [0.05, 0.1) is 0 Å². The van der Waals surface area contributed by atoms with Gasteiger partial charge in [0, 0.05) is 37.3 Å². The number of hydrogen-bond donors (Lipinski definition) is 0. The number of nitrogens with zero attached hydrogens (tertiary/aromatic N) is 2. The highest BCUT2D eigenvalue weighted by Crippen LogP contribution is 2.18. The van der Waals surface area contributed by atoms with Crippen LogP contribution in [0.1, 0.15) is 20.7 Å². The van der Waals surface area contributed by atoms with Crippen LogP contribution in [0.2, 0.25) is 0 Å². The Morgan fingerprint density at radius 2 is 1.26 bits per heavy atom. The van der Waals surface area contributed by atoms with E-state index in [1.165, 1.54) is 18.2 Å². The second kappa shape index (κ2) is 7.19. The molecule has 0 saturated carbocycles. The third-order valence-corrected chi connectivity index (χ3v) is 4.92. The predicted octanol–water partition coefficient (Wildman–Crippen LogP) is 3.58. The molecule has 0 unspecified atom stereocenters. The van der Waals surface area contributed by atoms with Gasteiger partial charge >= 0.3 is 0 Å². The molecular formula is C22H19FN2O2. The van der Waals surface area contributed by atoms with E-state index in [-0.39, 0.29) is 11.8 Å². The second-order valence-electron chi connectivity index (χ2n) is 6.66. The Hall–Kier alpha value is -3.21. The van der Waals surface area contributed by atoms with Crippen molar-refractivity contribution in [1.29, 1.82) is 0 Å².